The van der Waals surface area contributed by atoms with Gasteiger partial charge in [0.1, 0.15) is 5.82 Å². The molecule has 0 aliphatic rings. The summed E-state index contributed by atoms with van der Waals surface area (Å²) in [5.74, 6) is -0.359. The van der Waals surface area contributed by atoms with E-state index in [1.54, 1.807) is 24.3 Å². The van der Waals surface area contributed by atoms with Gasteiger partial charge in [0.15, 0.2) is 0 Å². The number of aliphatic hydroxyl groups is 1. The second-order valence-corrected chi connectivity index (χ2v) is 5.41. The fourth-order valence-electron chi connectivity index (χ4n) is 2.20. The van der Waals surface area contributed by atoms with Crippen LogP contribution >= 0.6 is 11.6 Å². The molecule has 3 N–H and O–H groups in total. The van der Waals surface area contributed by atoms with Crippen molar-refractivity contribution in [2.45, 2.75) is 6.10 Å². The molecular formula is C16H13ClFN3O2. The second kappa shape index (κ2) is 6.36. The number of nitrogens with zero attached hydrogens (tertiary/aromatic N) is 1. The summed E-state index contributed by atoms with van der Waals surface area (Å²) in [7, 11) is 0. The normalized spacial score (nSPS) is 12.3. The SMILES string of the molecule is O=c1[nH]c(NCC(O)c2ccc(Cl)c(F)c2)nc2ccccc12. The average molecular weight is 334 g/mol. The molecule has 0 radical (unpaired) electrons. The van der Waals surface area contributed by atoms with Crippen molar-refractivity contribution in [3.63, 3.8) is 0 Å². The lowest BCUT2D eigenvalue weighted by atomic mass is 10.1. The van der Waals surface area contributed by atoms with E-state index in [-0.39, 0.29) is 23.1 Å². The quantitative estimate of drug-likeness (QED) is 0.686. The molecule has 1 atom stereocenters. The molecule has 23 heavy (non-hydrogen) atoms. The third kappa shape index (κ3) is 3.33. The van der Waals surface area contributed by atoms with Crippen LogP contribution in [0.2, 0.25) is 5.02 Å². The molecule has 0 saturated carbocycles. The van der Waals surface area contributed by atoms with Gasteiger partial charge in [0, 0.05) is 6.54 Å². The number of halogens is 2. The Hall–Kier alpha value is -2.44. The number of H-pyrrole nitrogens is 1. The summed E-state index contributed by atoms with van der Waals surface area (Å²) in [4.78, 5) is 18.8. The molecule has 0 amide bonds. The Kier molecular flexibility index (Phi) is 4.27. The van der Waals surface area contributed by atoms with Gasteiger partial charge in [-0.3, -0.25) is 9.78 Å². The molecule has 0 bridgehead atoms. The number of hydrogen-bond donors (Lipinski definition) is 3. The second-order valence-electron chi connectivity index (χ2n) is 5.00. The van der Waals surface area contributed by atoms with Crippen molar-refractivity contribution < 1.29 is 9.50 Å². The highest BCUT2D eigenvalue weighted by atomic mass is 35.5. The molecule has 3 aromatic rings. The Morgan fingerprint density at radius 2 is 2.09 bits per heavy atom. The van der Waals surface area contributed by atoms with Gasteiger partial charge in [-0.05, 0) is 29.8 Å². The molecule has 5 nitrogen and oxygen atoms in total. The molecule has 1 unspecified atom stereocenters. The summed E-state index contributed by atoms with van der Waals surface area (Å²) in [6.45, 7) is 0.0579. The van der Waals surface area contributed by atoms with E-state index in [1.165, 1.54) is 18.2 Å². The minimum atomic E-state index is -0.974. The standard InChI is InChI=1S/C16H13ClFN3O2/c17-11-6-5-9(7-12(11)18)14(22)8-19-16-20-13-4-2-1-3-10(13)15(23)21-16/h1-7,14,22H,8H2,(H2,19,20,21,23). The molecule has 7 heteroatoms. The van der Waals surface area contributed by atoms with Crippen LogP contribution in [0.1, 0.15) is 11.7 Å². The van der Waals surface area contributed by atoms with E-state index in [4.69, 9.17) is 11.6 Å². The number of aromatic amines is 1. The van der Waals surface area contributed by atoms with Crippen LogP contribution in [0.5, 0.6) is 0 Å². The third-order valence-corrected chi connectivity index (χ3v) is 3.71. The van der Waals surface area contributed by atoms with E-state index in [1.807, 2.05) is 0 Å². The molecule has 0 aliphatic heterocycles. The van der Waals surface area contributed by atoms with E-state index in [0.717, 1.165) is 0 Å². The van der Waals surface area contributed by atoms with Crippen LogP contribution in [-0.4, -0.2) is 21.6 Å². The van der Waals surface area contributed by atoms with Crippen LogP contribution in [0.25, 0.3) is 10.9 Å². The molecule has 1 heterocycles. The fraction of sp³-hybridized carbons (Fsp3) is 0.125. The first kappa shape index (κ1) is 15.5. The Morgan fingerprint density at radius 1 is 1.30 bits per heavy atom. The number of nitrogens with one attached hydrogen (secondary N) is 2. The topological polar surface area (TPSA) is 78.0 Å². The molecule has 2 aromatic carbocycles. The van der Waals surface area contributed by atoms with Gasteiger partial charge in [-0.2, -0.15) is 0 Å². The maximum absolute atomic E-state index is 13.4. The zero-order valence-electron chi connectivity index (χ0n) is 11.9. The van der Waals surface area contributed by atoms with Crippen LogP contribution in [0.3, 0.4) is 0 Å². The van der Waals surface area contributed by atoms with Gasteiger partial charge < -0.3 is 10.4 Å². The molecule has 0 fully saturated rings. The van der Waals surface area contributed by atoms with Crippen molar-refractivity contribution >= 4 is 28.5 Å². The lowest BCUT2D eigenvalue weighted by molar-refractivity contribution is 0.191. The van der Waals surface area contributed by atoms with E-state index in [0.29, 0.717) is 16.5 Å². The molecule has 118 valence electrons. The number of fused-ring (bicyclic) bond motifs is 1. The smallest absolute Gasteiger partial charge is 0.260 e. The maximum Gasteiger partial charge on any atom is 0.260 e. The van der Waals surface area contributed by atoms with Crippen molar-refractivity contribution in [3.8, 4) is 0 Å². The van der Waals surface area contributed by atoms with Crippen LogP contribution in [0.15, 0.2) is 47.3 Å². The van der Waals surface area contributed by atoms with E-state index in [9.17, 15) is 14.3 Å². The van der Waals surface area contributed by atoms with Gasteiger partial charge >= 0.3 is 0 Å². The molecule has 0 saturated heterocycles. The summed E-state index contributed by atoms with van der Waals surface area (Å²) >= 11 is 5.61. The predicted octanol–water partition coefficient (Wildman–Crippen LogP) is 2.86. The van der Waals surface area contributed by atoms with Gasteiger partial charge in [0.05, 0.1) is 22.0 Å². The summed E-state index contributed by atoms with van der Waals surface area (Å²) in [6, 6.07) is 11.0. The first-order chi connectivity index (χ1) is 11.0. The number of benzene rings is 2. The largest absolute Gasteiger partial charge is 0.387 e. The molecule has 0 aliphatic carbocycles. The highest BCUT2D eigenvalue weighted by molar-refractivity contribution is 6.30. The lowest BCUT2D eigenvalue weighted by Gasteiger charge is -2.13. The average Bonchev–Trinajstić information content (AvgIpc) is 2.55. The zero-order chi connectivity index (χ0) is 16.4. The number of anilines is 1. The van der Waals surface area contributed by atoms with Crippen LogP contribution in [0.4, 0.5) is 10.3 Å². The Morgan fingerprint density at radius 3 is 2.87 bits per heavy atom. The maximum atomic E-state index is 13.4. The molecule has 0 spiro atoms. The first-order valence-corrected chi connectivity index (χ1v) is 7.28. The minimum absolute atomic E-state index is 0.00515. The lowest BCUT2D eigenvalue weighted by Crippen LogP contribution is -2.17. The monoisotopic (exact) mass is 333 g/mol. The van der Waals surface area contributed by atoms with Crippen molar-refractivity contribution in [2.24, 2.45) is 0 Å². The molecule has 3 rings (SSSR count). The minimum Gasteiger partial charge on any atom is -0.387 e. The summed E-state index contributed by atoms with van der Waals surface area (Å²) in [5.41, 5.74) is 0.651. The Bertz CT molecular complexity index is 913. The van der Waals surface area contributed by atoms with Gasteiger partial charge in [0.2, 0.25) is 5.95 Å². The van der Waals surface area contributed by atoms with Crippen LogP contribution < -0.4 is 10.9 Å². The van der Waals surface area contributed by atoms with Crippen molar-refractivity contribution in [1.29, 1.82) is 0 Å². The van der Waals surface area contributed by atoms with Crippen molar-refractivity contribution in [2.75, 3.05) is 11.9 Å². The van der Waals surface area contributed by atoms with Gasteiger partial charge in [-0.15, -0.1) is 0 Å². The fourth-order valence-corrected chi connectivity index (χ4v) is 2.32. The Balaban J connectivity index is 1.77. The summed E-state index contributed by atoms with van der Waals surface area (Å²) in [6.07, 6.45) is -0.974. The summed E-state index contributed by atoms with van der Waals surface area (Å²) < 4.78 is 13.4. The van der Waals surface area contributed by atoms with Crippen LogP contribution in [0, 0.1) is 5.82 Å². The zero-order valence-corrected chi connectivity index (χ0v) is 12.6. The summed E-state index contributed by atoms with van der Waals surface area (Å²) in [5, 5.41) is 13.4. The van der Waals surface area contributed by atoms with Crippen molar-refractivity contribution in [1.82, 2.24) is 9.97 Å². The molecule has 1 aromatic heterocycles. The van der Waals surface area contributed by atoms with Gasteiger partial charge in [-0.1, -0.05) is 29.8 Å². The highest BCUT2D eigenvalue weighted by Crippen LogP contribution is 2.20. The third-order valence-electron chi connectivity index (χ3n) is 3.40. The molecular weight excluding hydrogens is 321 g/mol. The predicted molar refractivity (Wildman–Crippen MR) is 87.2 cm³/mol. The highest BCUT2D eigenvalue weighted by Gasteiger charge is 2.11. The number of hydrogen-bond acceptors (Lipinski definition) is 4. The van der Waals surface area contributed by atoms with E-state index >= 15 is 0 Å². The van der Waals surface area contributed by atoms with E-state index in [2.05, 4.69) is 15.3 Å². The number of aromatic nitrogens is 2. The number of rotatable bonds is 4. The van der Waals surface area contributed by atoms with Gasteiger partial charge in [0.25, 0.3) is 5.56 Å². The first-order valence-electron chi connectivity index (χ1n) is 6.90. The van der Waals surface area contributed by atoms with Crippen molar-refractivity contribution in [3.05, 3.63) is 69.2 Å². The van der Waals surface area contributed by atoms with E-state index < -0.39 is 11.9 Å². The van der Waals surface area contributed by atoms with Gasteiger partial charge in [-0.25, -0.2) is 9.37 Å². The Labute approximate surface area is 135 Å². The number of aliphatic hydroxyl groups excluding tert-OH is 1. The van der Waals surface area contributed by atoms with Crippen LogP contribution in [-0.2, 0) is 0 Å². The number of para-hydroxylation sites is 1.